The van der Waals surface area contributed by atoms with E-state index in [0.717, 1.165) is 0 Å². The van der Waals surface area contributed by atoms with E-state index in [9.17, 15) is 9.59 Å². The first kappa shape index (κ1) is 29.6. The standard InChI is InChI=1S/C33H29Cl2N7O2/c1-3-21(39-32(43)17-9-5-13-23-28(17)41-30-19(34)11-7-15-25(30)37-23)27(36)22(4-2)40-33(44)18-10-6-14-24-29(18)42-31-20(35)12-8-16-26(31)38-24/h5-16,21-22,27H,3-4,36H2,1-2H3,(H,39,43)(H,40,44). The number of nitrogens with one attached hydrogen (secondary N) is 2. The number of nitrogens with two attached hydrogens (primary N) is 1. The van der Waals surface area contributed by atoms with Gasteiger partial charge >= 0.3 is 0 Å². The molecule has 222 valence electrons. The van der Waals surface area contributed by atoms with Crippen molar-refractivity contribution in [3.05, 3.63) is 94.0 Å². The van der Waals surface area contributed by atoms with E-state index >= 15 is 0 Å². The highest BCUT2D eigenvalue weighted by Gasteiger charge is 2.29. The number of amides is 2. The van der Waals surface area contributed by atoms with Crippen molar-refractivity contribution in [1.82, 2.24) is 30.6 Å². The number of fused-ring (bicyclic) bond motifs is 4. The third-order valence-corrected chi connectivity index (χ3v) is 8.43. The zero-order chi connectivity index (χ0) is 31.0. The Morgan fingerprint density at radius 2 is 0.977 bits per heavy atom. The second-order valence-corrected chi connectivity index (χ2v) is 11.4. The third-order valence-electron chi connectivity index (χ3n) is 7.82. The number of para-hydroxylation sites is 4. The van der Waals surface area contributed by atoms with Crippen LogP contribution in [0.15, 0.2) is 72.8 Å². The van der Waals surface area contributed by atoms with Gasteiger partial charge in [0.2, 0.25) is 0 Å². The van der Waals surface area contributed by atoms with Gasteiger partial charge in [-0.15, -0.1) is 0 Å². The average Bonchev–Trinajstić information content (AvgIpc) is 3.03. The summed E-state index contributed by atoms with van der Waals surface area (Å²) in [5, 5.41) is 7.05. The first-order valence-corrected chi connectivity index (χ1v) is 15.1. The summed E-state index contributed by atoms with van der Waals surface area (Å²) in [5.74, 6) is -0.680. The second kappa shape index (κ2) is 12.3. The van der Waals surface area contributed by atoms with Gasteiger partial charge < -0.3 is 16.4 Å². The van der Waals surface area contributed by atoms with Crippen molar-refractivity contribution in [2.24, 2.45) is 5.73 Å². The van der Waals surface area contributed by atoms with E-state index < -0.39 is 18.1 Å². The van der Waals surface area contributed by atoms with Gasteiger partial charge in [0.25, 0.3) is 11.8 Å². The van der Waals surface area contributed by atoms with Gasteiger partial charge in [-0.05, 0) is 61.4 Å². The molecule has 0 saturated heterocycles. The van der Waals surface area contributed by atoms with Gasteiger partial charge in [-0.25, -0.2) is 19.9 Å². The maximum Gasteiger partial charge on any atom is 0.253 e. The van der Waals surface area contributed by atoms with E-state index in [1.165, 1.54) is 0 Å². The lowest BCUT2D eigenvalue weighted by atomic mass is 9.95. The fraction of sp³-hybridized carbons (Fsp3) is 0.212. The van der Waals surface area contributed by atoms with Gasteiger partial charge in [-0.3, -0.25) is 9.59 Å². The van der Waals surface area contributed by atoms with Crippen molar-refractivity contribution in [3.63, 3.8) is 0 Å². The number of benzene rings is 4. The van der Waals surface area contributed by atoms with Crippen molar-refractivity contribution in [3.8, 4) is 0 Å². The summed E-state index contributed by atoms with van der Waals surface area (Å²) in [6.07, 6.45) is 1.07. The number of carbonyl (C=O) groups excluding carboxylic acids is 2. The lowest BCUT2D eigenvalue weighted by Crippen LogP contribution is -2.58. The van der Waals surface area contributed by atoms with Crippen LogP contribution in [0, 0.1) is 0 Å². The molecule has 2 unspecified atom stereocenters. The Balaban J connectivity index is 1.25. The second-order valence-electron chi connectivity index (χ2n) is 10.6. The van der Waals surface area contributed by atoms with E-state index in [-0.39, 0.29) is 11.8 Å². The Labute approximate surface area is 263 Å². The predicted molar refractivity (Wildman–Crippen MR) is 175 cm³/mol. The molecule has 2 heterocycles. The normalized spacial score (nSPS) is 13.7. The number of carbonyl (C=O) groups is 2. The zero-order valence-electron chi connectivity index (χ0n) is 24.0. The molecule has 0 aliphatic carbocycles. The van der Waals surface area contributed by atoms with Crippen molar-refractivity contribution < 1.29 is 9.59 Å². The Morgan fingerprint density at radius 1 is 0.614 bits per heavy atom. The molecule has 0 radical (unpaired) electrons. The topological polar surface area (TPSA) is 136 Å². The molecule has 4 N–H and O–H groups in total. The summed E-state index contributed by atoms with van der Waals surface area (Å²) in [4.78, 5) is 45.9. The Bertz CT molecular complexity index is 1920. The summed E-state index contributed by atoms with van der Waals surface area (Å²) < 4.78 is 0. The van der Waals surface area contributed by atoms with Crippen LogP contribution in [-0.4, -0.2) is 49.9 Å². The molecule has 0 saturated carbocycles. The smallest absolute Gasteiger partial charge is 0.253 e. The van der Waals surface area contributed by atoms with Crippen molar-refractivity contribution in [1.29, 1.82) is 0 Å². The van der Waals surface area contributed by atoms with Gasteiger partial charge in [0.15, 0.2) is 0 Å². The molecular weight excluding hydrogens is 597 g/mol. The molecular formula is C33H29Cl2N7O2. The van der Waals surface area contributed by atoms with E-state index in [0.29, 0.717) is 78.1 Å². The summed E-state index contributed by atoms with van der Waals surface area (Å²) in [5.41, 5.74) is 11.8. The largest absolute Gasteiger partial charge is 0.348 e. The third kappa shape index (κ3) is 5.50. The van der Waals surface area contributed by atoms with Gasteiger partial charge in [0.05, 0.1) is 43.2 Å². The molecule has 0 fully saturated rings. The number of halogens is 2. The van der Waals surface area contributed by atoms with Gasteiger partial charge in [-0.1, -0.05) is 61.3 Å². The van der Waals surface area contributed by atoms with E-state index in [2.05, 4.69) is 30.6 Å². The van der Waals surface area contributed by atoms with Crippen LogP contribution >= 0.6 is 23.2 Å². The minimum atomic E-state index is -0.592. The molecule has 0 aliphatic heterocycles. The van der Waals surface area contributed by atoms with Gasteiger partial charge in [0, 0.05) is 18.1 Å². The fourth-order valence-electron chi connectivity index (χ4n) is 5.45. The first-order chi connectivity index (χ1) is 21.3. The summed E-state index contributed by atoms with van der Waals surface area (Å²) >= 11 is 12.7. The van der Waals surface area contributed by atoms with Crippen LogP contribution in [0.1, 0.15) is 47.4 Å². The maximum atomic E-state index is 13.6. The monoisotopic (exact) mass is 625 g/mol. The van der Waals surface area contributed by atoms with Crippen molar-refractivity contribution in [2.45, 2.75) is 44.8 Å². The number of hydrogen-bond acceptors (Lipinski definition) is 7. The van der Waals surface area contributed by atoms with Crippen LogP contribution < -0.4 is 16.4 Å². The molecule has 2 aromatic heterocycles. The molecule has 9 nitrogen and oxygen atoms in total. The molecule has 0 aliphatic rings. The number of nitrogens with zero attached hydrogens (tertiary/aromatic N) is 4. The highest BCUT2D eigenvalue weighted by Crippen LogP contribution is 2.26. The Hall–Kier alpha value is -4.44. The minimum Gasteiger partial charge on any atom is -0.348 e. The summed E-state index contributed by atoms with van der Waals surface area (Å²) in [6.45, 7) is 3.87. The van der Waals surface area contributed by atoms with Crippen LogP contribution in [-0.2, 0) is 0 Å². The minimum absolute atomic E-state index is 0.340. The first-order valence-electron chi connectivity index (χ1n) is 14.4. The summed E-state index contributed by atoms with van der Waals surface area (Å²) in [7, 11) is 0. The van der Waals surface area contributed by atoms with E-state index in [1.807, 2.05) is 38.1 Å². The number of hydrogen-bond donors (Lipinski definition) is 3. The van der Waals surface area contributed by atoms with Crippen molar-refractivity contribution in [2.75, 3.05) is 0 Å². The summed E-state index contributed by atoms with van der Waals surface area (Å²) in [6, 6.07) is 19.8. The molecule has 6 rings (SSSR count). The fourth-order valence-corrected chi connectivity index (χ4v) is 5.87. The number of aromatic nitrogens is 4. The average molecular weight is 627 g/mol. The highest BCUT2D eigenvalue weighted by atomic mass is 35.5. The van der Waals surface area contributed by atoms with Gasteiger partial charge in [0.1, 0.15) is 22.1 Å². The van der Waals surface area contributed by atoms with Gasteiger partial charge in [-0.2, -0.15) is 0 Å². The van der Waals surface area contributed by atoms with Crippen LogP contribution in [0.5, 0.6) is 0 Å². The predicted octanol–water partition coefficient (Wildman–Crippen LogP) is 6.23. The van der Waals surface area contributed by atoms with Crippen molar-refractivity contribution >= 4 is 79.1 Å². The lowest BCUT2D eigenvalue weighted by Gasteiger charge is -2.31. The maximum absolute atomic E-state index is 13.6. The molecule has 44 heavy (non-hydrogen) atoms. The SMILES string of the molecule is CCC(NC(=O)c1cccc2nc3cccc(Cl)c3nc12)C(N)C(CC)NC(=O)c1cccc2nc3cccc(Cl)c3nc12. The molecule has 6 aromatic rings. The van der Waals surface area contributed by atoms with Crippen LogP contribution in [0.25, 0.3) is 44.1 Å². The lowest BCUT2D eigenvalue weighted by molar-refractivity contribution is 0.0909. The molecule has 2 atom stereocenters. The van der Waals surface area contributed by atoms with Crippen LogP contribution in [0.2, 0.25) is 10.0 Å². The molecule has 4 aromatic carbocycles. The molecule has 0 spiro atoms. The molecule has 2 amide bonds. The highest BCUT2D eigenvalue weighted by molar-refractivity contribution is 6.35. The molecule has 11 heteroatoms. The van der Waals surface area contributed by atoms with E-state index in [4.69, 9.17) is 28.9 Å². The van der Waals surface area contributed by atoms with E-state index in [1.54, 1.807) is 48.5 Å². The van der Waals surface area contributed by atoms with Crippen LogP contribution in [0.3, 0.4) is 0 Å². The molecule has 0 bridgehead atoms. The zero-order valence-corrected chi connectivity index (χ0v) is 25.5. The quantitative estimate of drug-likeness (QED) is 0.171. The van der Waals surface area contributed by atoms with Crippen LogP contribution in [0.4, 0.5) is 0 Å². The Kier molecular flexibility index (Phi) is 8.27. The number of rotatable bonds is 8. The Morgan fingerprint density at radius 3 is 1.36 bits per heavy atom.